The molecular weight excluding hydrogens is 312 g/mol. The second-order valence-electron chi connectivity index (χ2n) is 6.94. The summed E-state index contributed by atoms with van der Waals surface area (Å²) in [6.45, 7) is 7.29. The fourth-order valence-corrected chi connectivity index (χ4v) is 3.51. The van der Waals surface area contributed by atoms with Crippen molar-refractivity contribution in [3.63, 3.8) is 0 Å². The van der Waals surface area contributed by atoms with Crippen LogP contribution in [0.3, 0.4) is 0 Å². The van der Waals surface area contributed by atoms with E-state index >= 15 is 0 Å². The molecule has 0 radical (unpaired) electrons. The second kappa shape index (κ2) is 10.4. The van der Waals surface area contributed by atoms with Crippen molar-refractivity contribution in [3.05, 3.63) is 35.9 Å². The van der Waals surface area contributed by atoms with Crippen molar-refractivity contribution < 1.29 is 4.74 Å². The number of nitrogens with one attached hydrogen (secondary N) is 2. The Balaban J connectivity index is 1.85. The smallest absolute Gasteiger partial charge is 0.188 e. The van der Waals surface area contributed by atoms with Gasteiger partial charge in [0, 0.05) is 31.3 Å². The highest BCUT2D eigenvalue weighted by Crippen LogP contribution is 2.32. The predicted molar refractivity (Wildman–Crippen MR) is 105 cm³/mol. The summed E-state index contributed by atoms with van der Waals surface area (Å²) in [5, 5.41) is 7.03. The molecule has 2 rings (SSSR count). The summed E-state index contributed by atoms with van der Waals surface area (Å²) in [6.07, 6.45) is 5.77. The van der Waals surface area contributed by atoms with Crippen LogP contribution in [-0.2, 0) is 4.74 Å². The van der Waals surface area contributed by atoms with Crippen molar-refractivity contribution in [2.45, 2.75) is 57.5 Å². The summed E-state index contributed by atoms with van der Waals surface area (Å²) in [5.74, 6) is 0.539. The fraction of sp³-hybridized carbons (Fsp3) is 0.650. The average Bonchev–Trinajstić information content (AvgIpc) is 3.09. The van der Waals surface area contributed by atoms with E-state index in [1.165, 1.54) is 18.4 Å². The maximum absolute atomic E-state index is 6.04. The molecule has 0 bridgehead atoms. The van der Waals surface area contributed by atoms with Crippen molar-refractivity contribution in [2.24, 2.45) is 10.7 Å². The standard InChI is InChI=1S/C20H34N4O/c1-3-25-15-9-14-22-19(21)23-16-20(12-7-8-13-20)24-17(2)18-10-5-4-6-11-18/h4-6,10-11,17,24H,3,7-9,12-16H2,1-2H3,(H3,21,22,23). The molecule has 1 saturated carbocycles. The first-order valence-electron chi connectivity index (χ1n) is 9.59. The molecule has 0 aromatic heterocycles. The van der Waals surface area contributed by atoms with Crippen LogP contribution in [0, 0.1) is 0 Å². The van der Waals surface area contributed by atoms with Gasteiger partial charge in [-0.3, -0.25) is 4.99 Å². The molecule has 5 heteroatoms. The molecule has 0 aliphatic heterocycles. The highest BCUT2D eigenvalue weighted by molar-refractivity contribution is 5.77. The maximum atomic E-state index is 6.04. The first-order valence-corrected chi connectivity index (χ1v) is 9.59. The Morgan fingerprint density at radius 2 is 2.00 bits per heavy atom. The van der Waals surface area contributed by atoms with Crippen LogP contribution in [0.2, 0.25) is 0 Å². The van der Waals surface area contributed by atoms with Gasteiger partial charge in [-0.1, -0.05) is 43.2 Å². The molecule has 4 N–H and O–H groups in total. The lowest BCUT2D eigenvalue weighted by Crippen LogP contribution is -2.47. The van der Waals surface area contributed by atoms with E-state index < -0.39 is 0 Å². The van der Waals surface area contributed by atoms with Crippen LogP contribution in [0.25, 0.3) is 0 Å². The Hall–Kier alpha value is -1.59. The molecule has 1 aromatic carbocycles. The molecule has 25 heavy (non-hydrogen) atoms. The number of hydrogen-bond donors (Lipinski definition) is 3. The third-order valence-corrected chi connectivity index (χ3v) is 4.91. The Morgan fingerprint density at radius 3 is 2.68 bits per heavy atom. The number of rotatable bonds is 10. The number of hydrogen-bond acceptors (Lipinski definition) is 3. The van der Waals surface area contributed by atoms with Gasteiger partial charge in [0.05, 0.1) is 6.54 Å². The van der Waals surface area contributed by atoms with Crippen molar-refractivity contribution in [1.82, 2.24) is 10.6 Å². The van der Waals surface area contributed by atoms with Crippen LogP contribution in [0.1, 0.15) is 57.6 Å². The van der Waals surface area contributed by atoms with Crippen LogP contribution < -0.4 is 16.4 Å². The maximum Gasteiger partial charge on any atom is 0.188 e. The van der Waals surface area contributed by atoms with Crippen LogP contribution in [0.5, 0.6) is 0 Å². The molecule has 5 nitrogen and oxygen atoms in total. The third-order valence-electron chi connectivity index (χ3n) is 4.91. The van der Waals surface area contributed by atoms with Gasteiger partial charge >= 0.3 is 0 Å². The van der Waals surface area contributed by atoms with Gasteiger partial charge in [0.1, 0.15) is 0 Å². The summed E-state index contributed by atoms with van der Waals surface area (Å²) in [7, 11) is 0. The van der Waals surface area contributed by atoms with Crippen LogP contribution >= 0.6 is 0 Å². The highest BCUT2D eigenvalue weighted by Gasteiger charge is 2.34. The molecule has 1 aromatic rings. The number of guanidine groups is 1. The molecule has 0 saturated heterocycles. The van der Waals surface area contributed by atoms with Crippen LogP contribution in [-0.4, -0.2) is 37.8 Å². The van der Waals surface area contributed by atoms with Gasteiger partial charge in [0.15, 0.2) is 5.96 Å². The van der Waals surface area contributed by atoms with Gasteiger partial charge in [0.25, 0.3) is 0 Å². The normalized spacial score (nSPS) is 18.2. The molecule has 0 spiro atoms. The van der Waals surface area contributed by atoms with E-state index in [1.54, 1.807) is 0 Å². The number of nitrogens with two attached hydrogens (primary N) is 1. The molecule has 1 atom stereocenters. The molecule has 0 heterocycles. The monoisotopic (exact) mass is 346 g/mol. The van der Waals surface area contributed by atoms with E-state index in [2.05, 4.69) is 52.9 Å². The molecule has 140 valence electrons. The topological polar surface area (TPSA) is 71.7 Å². The predicted octanol–water partition coefficient (Wildman–Crippen LogP) is 2.98. The molecule has 0 amide bonds. The first kappa shape index (κ1) is 19.7. The van der Waals surface area contributed by atoms with Crippen molar-refractivity contribution in [2.75, 3.05) is 26.3 Å². The van der Waals surface area contributed by atoms with Gasteiger partial charge in [-0.05, 0) is 38.7 Å². The lowest BCUT2D eigenvalue weighted by molar-refractivity contribution is 0.145. The van der Waals surface area contributed by atoms with Gasteiger partial charge in [-0.2, -0.15) is 0 Å². The van der Waals surface area contributed by atoms with Crippen molar-refractivity contribution in [1.29, 1.82) is 0 Å². The lowest BCUT2D eigenvalue weighted by atomic mass is 9.95. The quantitative estimate of drug-likeness (QED) is 0.346. The van der Waals surface area contributed by atoms with E-state index in [-0.39, 0.29) is 5.54 Å². The minimum atomic E-state index is 0.0624. The minimum Gasteiger partial charge on any atom is -0.382 e. The number of nitrogens with zero attached hydrogens (tertiary/aromatic N) is 1. The zero-order valence-electron chi connectivity index (χ0n) is 15.8. The van der Waals surface area contributed by atoms with E-state index in [4.69, 9.17) is 10.5 Å². The van der Waals surface area contributed by atoms with Gasteiger partial charge < -0.3 is 21.1 Å². The Kier molecular flexibility index (Phi) is 8.22. The largest absolute Gasteiger partial charge is 0.382 e. The number of aliphatic imine (C=N–C) groups is 1. The lowest BCUT2D eigenvalue weighted by Gasteiger charge is -2.33. The van der Waals surface area contributed by atoms with E-state index in [0.717, 1.165) is 45.6 Å². The second-order valence-corrected chi connectivity index (χ2v) is 6.94. The van der Waals surface area contributed by atoms with Crippen molar-refractivity contribution >= 4 is 5.96 Å². The summed E-state index contributed by atoms with van der Waals surface area (Å²) in [5.41, 5.74) is 7.42. The number of benzene rings is 1. The molecule has 1 unspecified atom stereocenters. The third kappa shape index (κ3) is 6.67. The molecule has 1 aliphatic carbocycles. The van der Waals surface area contributed by atoms with Crippen molar-refractivity contribution in [3.8, 4) is 0 Å². The van der Waals surface area contributed by atoms with Crippen LogP contribution in [0.15, 0.2) is 35.3 Å². The minimum absolute atomic E-state index is 0.0624. The Morgan fingerprint density at radius 1 is 1.28 bits per heavy atom. The summed E-state index contributed by atoms with van der Waals surface area (Å²) >= 11 is 0. The van der Waals surface area contributed by atoms with Gasteiger partial charge in [0.2, 0.25) is 0 Å². The SMILES string of the molecule is CCOCCCNC(N)=NCC1(NC(C)c2ccccc2)CCCC1. The molecular formula is C20H34N4O. The fourth-order valence-electron chi connectivity index (χ4n) is 3.51. The molecule has 1 fully saturated rings. The zero-order chi connectivity index (χ0) is 18.0. The Labute approximate surface area is 152 Å². The van der Waals surface area contributed by atoms with E-state index in [1.807, 2.05) is 6.92 Å². The highest BCUT2D eigenvalue weighted by atomic mass is 16.5. The first-order chi connectivity index (χ1) is 12.2. The Bertz CT molecular complexity index is 512. The van der Waals surface area contributed by atoms with E-state index in [0.29, 0.717) is 12.0 Å². The number of ether oxygens (including phenoxy) is 1. The van der Waals surface area contributed by atoms with Crippen LogP contribution in [0.4, 0.5) is 0 Å². The summed E-state index contributed by atoms with van der Waals surface area (Å²) in [4.78, 5) is 4.62. The van der Waals surface area contributed by atoms with Gasteiger partial charge in [-0.25, -0.2) is 0 Å². The summed E-state index contributed by atoms with van der Waals surface area (Å²) < 4.78 is 5.33. The van der Waals surface area contributed by atoms with E-state index in [9.17, 15) is 0 Å². The molecule has 1 aliphatic rings. The average molecular weight is 347 g/mol. The van der Waals surface area contributed by atoms with Gasteiger partial charge in [-0.15, -0.1) is 0 Å². The zero-order valence-corrected chi connectivity index (χ0v) is 15.8. The summed E-state index contributed by atoms with van der Waals surface area (Å²) in [6, 6.07) is 10.9.